The summed E-state index contributed by atoms with van der Waals surface area (Å²) in [7, 11) is 0. The molecular weight excluding hydrogens is 358 g/mol. The van der Waals surface area contributed by atoms with Crippen LogP contribution < -0.4 is 10.6 Å². The Hall–Kier alpha value is -2.90. The monoisotopic (exact) mass is 377 g/mol. The van der Waals surface area contributed by atoms with Crippen LogP contribution in [0.25, 0.3) is 32.6 Å². The van der Waals surface area contributed by atoms with E-state index in [1.807, 2.05) is 12.4 Å². The van der Waals surface area contributed by atoms with Gasteiger partial charge in [-0.15, -0.1) is 0 Å². The first-order chi connectivity index (χ1) is 13.3. The van der Waals surface area contributed by atoms with Crippen molar-refractivity contribution in [2.75, 3.05) is 36.9 Å². The van der Waals surface area contributed by atoms with E-state index in [9.17, 15) is 0 Å². The van der Waals surface area contributed by atoms with Crippen molar-refractivity contribution in [1.29, 1.82) is 0 Å². The number of hydrogen-bond acceptors (Lipinski definition) is 6. The van der Waals surface area contributed by atoms with Gasteiger partial charge in [0.2, 0.25) is 0 Å². The Kier molecular flexibility index (Phi) is 4.03. The lowest BCUT2D eigenvalue weighted by Crippen LogP contribution is -2.36. The van der Waals surface area contributed by atoms with Crippen molar-refractivity contribution in [2.24, 2.45) is 0 Å². The molecule has 0 atom stereocenters. The average molecular weight is 377 g/mol. The van der Waals surface area contributed by atoms with Gasteiger partial charge in [-0.1, -0.05) is 23.5 Å². The summed E-state index contributed by atoms with van der Waals surface area (Å²) in [6.07, 6.45) is 3.85. The minimum atomic E-state index is 0.583. The molecule has 27 heavy (non-hydrogen) atoms. The van der Waals surface area contributed by atoms with Crippen LogP contribution in [0.1, 0.15) is 0 Å². The van der Waals surface area contributed by atoms with Gasteiger partial charge in [-0.3, -0.25) is 0 Å². The van der Waals surface area contributed by atoms with Crippen LogP contribution in [0, 0.1) is 0 Å². The zero-order chi connectivity index (χ0) is 18.2. The van der Waals surface area contributed by atoms with Crippen LogP contribution in [0.3, 0.4) is 0 Å². The Morgan fingerprint density at radius 1 is 1.15 bits per heavy atom. The number of pyridine rings is 1. The Balaban J connectivity index is 1.56. The number of nitrogens with one attached hydrogen (secondary N) is 1. The molecule has 0 aliphatic carbocycles. The Labute approximate surface area is 160 Å². The maximum Gasteiger partial charge on any atom is 0.180 e. The third-order valence-electron chi connectivity index (χ3n) is 4.84. The summed E-state index contributed by atoms with van der Waals surface area (Å²) in [6, 6.07) is 12.6. The van der Waals surface area contributed by atoms with Gasteiger partial charge in [0.15, 0.2) is 5.13 Å². The van der Waals surface area contributed by atoms with E-state index >= 15 is 0 Å². The highest BCUT2D eigenvalue weighted by Gasteiger charge is 2.15. The zero-order valence-electron chi connectivity index (χ0n) is 14.7. The highest BCUT2D eigenvalue weighted by molar-refractivity contribution is 7.18. The van der Waals surface area contributed by atoms with Crippen molar-refractivity contribution in [1.82, 2.24) is 15.0 Å². The van der Waals surface area contributed by atoms with Gasteiger partial charge in [0.05, 0.1) is 23.8 Å². The van der Waals surface area contributed by atoms with E-state index in [-0.39, 0.29) is 0 Å². The molecule has 7 heteroatoms. The third-order valence-corrected chi connectivity index (χ3v) is 5.71. The molecule has 0 saturated carbocycles. The molecule has 1 fully saturated rings. The molecule has 136 valence electrons. The smallest absolute Gasteiger partial charge is 0.180 e. The number of aromatic nitrogens is 3. The Morgan fingerprint density at radius 2 is 2.04 bits per heavy atom. The predicted molar refractivity (Wildman–Crippen MR) is 110 cm³/mol. The Morgan fingerprint density at radius 3 is 2.85 bits per heavy atom. The first-order valence-electron chi connectivity index (χ1n) is 8.91. The van der Waals surface area contributed by atoms with Crippen LogP contribution >= 0.6 is 11.3 Å². The minimum absolute atomic E-state index is 0.583. The molecule has 3 aromatic heterocycles. The van der Waals surface area contributed by atoms with E-state index in [1.54, 1.807) is 0 Å². The number of H-pyrrole nitrogens is 1. The van der Waals surface area contributed by atoms with Crippen molar-refractivity contribution < 1.29 is 4.74 Å². The minimum Gasteiger partial charge on any atom is -0.378 e. The molecule has 0 radical (unpaired) electrons. The molecule has 0 bridgehead atoms. The molecular formula is C20H19N5OS. The number of nitrogens with two attached hydrogens (primary N) is 1. The second-order valence-electron chi connectivity index (χ2n) is 6.51. The van der Waals surface area contributed by atoms with Gasteiger partial charge in [-0.25, -0.2) is 9.97 Å². The summed E-state index contributed by atoms with van der Waals surface area (Å²) in [6.45, 7) is 3.25. The van der Waals surface area contributed by atoms with Crippen LogP contribution in [0.5, 0.6) is 0 Å². The number of morpholine rings is 1. The molecule has 4 heterocycles. The first kappa shape index (κ1) is 16.3. The van der Waals surface area contributed by atoms with Crippen molar-refractivity contribution in [3.05, 3.63) is 48.8 Å². The topological polar surface area (TPSA) is 80.1 Å². The normalized spacial score (nSPS) is 14.7. The molecule has 1 aromatic carbocycles. The van der Waals surface area contributed by atoms with Crippen molar-refractivity contribution >= 4 is 33.2 Å². The first-order valence-corrected chi connectivity index (χ1v) is 9.72. The van der Waals surface area contributed by atoms with Gasteiger partial charge in [0.1, 0.15) is 5.82 Å². The average Bonchev–Trinajstić information content (AvgIpc) is 3.34. The maximum absolute atomic E-state index is 5.79. The lowest BCUT2D eigenvalue weighted by molar-refractivity contribution is 0.122. The second-order valence-corrected chi connectivity index (χ2v) is 7.57. The molecule has 0 amide bonds. The number of anilines is 2. The fraction of sp³-hybridized carbons (Fsp3) is 0.200. The number of ether oxygens (including phenoxy) is 1. The van der Waals surface area contributed by atoms with Crippen LogP contribution in [0.2, 0.25) is 0 Å². The van der Waals surface area contributed by atoms with Gasteiger partial charge >= 0.3 is 0 Å². The maximum atomic E-state index is 5.79. The van der Waals surface area contributed by atoms with Crippen LogP contribution in [-0.2, 0) is 4.74 Å². The van der Waals surface area contributed by atoms with Crippen molar-refractivity contribution in [2.45, 2.75) is 0 Å². The summed E-state index contributed by atoms with van der Waals surface area (Å²) in [5, 5.41) is 1.73. The number of nitrogens with zero attached hydrogens (tertiary/aromatic N) is 3. The van der Waals surface area contributed by atoms with E-state index in [0.717, 1.165) is 64.7 Å². The fourth-order valence-electron chi connectivity index (χ4n) is 3.45. The van der Waals surface area contributed by atoms with E-state index in [2.05, 4.69) is 51.3 Å². The van der Waals surface area contributed by atoms with E-state index < -0.39 is 0 Å². The molecule has 1 aliphatic rings. The lowest BCUT2D eigenvalue weighted by atomic mass is 10.1. The molecule has 6 nitrogen and oxygen atoms in total. The van der Waals surface area contributed by atoms with Gasteiger partial charge in [0, 0.05) is 41.9 Å². The quantitative estimate of drug-likeness (QED) is 0.568. The SMILES string of the molecule is Nc1ncc(-c2ccc3[nH]cc(-c4cccc(N5CCOCC5)n4)c3c2)s1. The molecule has 0 unspecified atom stereocenters. The third kappa shape index (κ3) is 3.05. The number of rotatable bonds is 3. The van der Waals surface area contributed by atoms with Crippen LogP contribution in [-0.4, -0.2) is 41.3 Å². The summed E-state index contributed by atoms with van der Waals surface area (Å²) in [4.78, 5) is 15.8. The summed E-state index contributed by atoms with van der Waals surface area (Å²) >= 11 is 1.50. The molecule has 4 aromatic rings. The fourth-order valence-corrected chi connectivity index (χ4v) is 4.13. The standard InChI is InChI=1S/C20H19N5OS/c21-20-23-12-18(27-20)13-4-5-16-14(10-13)15(11-22-16)17-2-1-3-19(24-17)25-6-8-26-9-7-25/h1-5,10-12,22H,6-9H2,(H2,21,23). The van der Waals surface area contributed by atoms with E-state index in [1.165, 1.54) is 11.3 Å². The van der Waals surface area contributed by atoms with Crippen molar-refractivity contribution in [3.63, 3.8) is 0 Å². The van der Waals surface area contributed by atoms with E-state index in [0.29, 0.717) is 5.13 Å². The number of hydrogen-bond donors (Lipinski definition) is 2. The van der Waals surface area contributed by atoms with Crippen molar-refractivity contribution in [3.8, 4) is 21.7 Å². The Bertz CT molecular complexity index is 1100. The van der Waals surface area contributed by atoms with Gasteiger partial charge in [-0.2, -0.15) is 0 Å². The molecule has 3 N–H and O–H groups in total. The van der Waals surface area contributed by atoms with Crippen LogP contribution in [0.4, 0.5) is 10.9 Å². The largest absolute Gasteiger partial charge is 0.378 e. The molecule has 1 aliphatic heterocycles. The summed E-state index contributed by atoms with van der Waals surface area (Å²) < 4.78 is 5.45. The highest BCUT2D eigenvalue weighted by Crippen LogP contribution is 2.34. The highest BCUT2D eigenvalue weighted by atomic mass is 32.1. The van der Waals surface area contributed by atoms with E-state index in [4.69, 9.17) is 15.5 Å². The predicted octanol–water partition coefficient (Wildman–Crippen LogP) is 3.77. The van der Waals surface area contributed by atoms with Gasteiger partial charge < -0.3 is 20.4 Å². The summed E-state index contributed by atoms with van der Waals surface area (Å²) in [5.41, 5.74) is 10.1. The lowest BCUT2D eigenvalue weighted by Gasteiger charge is -2.28. The zero-order valence-corrected chi connectivity index (χ0v) is 15.5. The number of aromatic amines is 1. The molecule has 0 spiro atoms. The summed E-state index contributed by atoms with van der Waals surface area (Å²) in [5.74, 6) is 0.997. The number of fused-ring (bicyclic) bond motifs is 1. The van der Waals surface area contributed by atoms with Gasteiger partial charge in [-0.05, 0) is 29.8 Å². The number of nitrogen functional groups attached to an aromatic ring is 1. The second kappa shape index (κ2) is 6.68. The number of benzene rings is 1. The number of thiazole rings is 1. The van der Waals surface area contributed by atoms with Crippen LogP contribution in [0.15, 0.2) is 48.8 Å². The molecule has 1 saturated heterocycles. The van der Waals surface area contributed by atoms with Gasteiger partial charge in [0.25, 0.3) is 0 Å². The molecule has 5 rings (SSSR count).